The number of carbonyl (C=O) groups is 1. The van der Waals surface area contributed by atoms with Crippen molar-refractivity contribution < 1.29 is 40.9 Å². The van der Waals surface area contributed by atoms with Gasteiger partial charge in [-0.1, -0.05) is 35.3 Å². The topological polar surface area (TPSA) is 116 Å². The number of hydrogen-bond acceptors (Lipinski definition) is 8. The monoisotopic (exact) mass is 673 g/mol. The molecule has 1 heterocycles. The number of pyridine rings is 1. The third-order valence-corrected chi connectivity index (χ3v) is 7.84. The standard InChI is InChI=1S/C29H31Cl2F2N3O7S/c1-36(15-18-6-8-24(40-2)23(10-18)35-44(3,38)39)29(37)43-26(12-20-21(30)13-34-14-22(20)31)19-7-9-25(42-28(32)33)27(11-19)41-16-17-4-5-17/h6-11,13-14,17,26,28,35H,4-5,12,15-16H2,1-3H3. The average molecular weight is 675 g/mol. The molecule has 1 fully saturated rings. The van der Waals surface area contributed by atoms with Crippen LogP contribution in [0.5, 0.6) is 17.2 Å². The highest BCUT2D eigenvalue weighted by Gasteiger charge is 2.27. The number of nitrogens with zero attached hydrogens (tertiary/aromatic N) is 2. The normalized spacial score (nSPS) is 13.7. The van der Waals surface area contributed by atoms with Crippen LogP contribution >= 0.6 is 23.2 Å². The molecule has 0 radical (unpaired) electrons. The van der Waals surface area contributed by atoms with E-state index in [2.05, 4.69) is 14.4 Å². The predicted molar refractivity (Wildman–Crippen MR) is 161 cm³/mol. The van der Waals surface area contributed by atoms with Gasteiger partial charge in [0.15, 0.2) is 11.5 Å². The van der Waals surface area contributed by atoms with E-state index in [1.807, 2.05) is 0 Å². The number of amides is 1. The molecular formula is C29H31Cl2F2N3O7S. The molecule has 1 aliphatic rings. The molecule has 0 aliphatic heterocycles. The minimum absolute atomic E-state index is 0.0296. The van der Waals surface area contributed by atoms with Crippen LogP contribution in [0.1, 0.15) is 35.6 Å². The minimum atomic E-state index is -3.60. The average Bonchev–Trinajstić information content (AvgIpc) is 3.77. The molecule has 1 aromatic heterocycles. The zero-order valence-electron chi connectivity index (χ0n) is 24.1. The van der Waals surface area contributed by atoms with Gasteiger partial charge in [0.2, 0.25) is 10.0 Å². The first-order valence-electron chi connectivity index (χ1n) is 13.4. The maximum atomic E-state index is 13.4. The number of anilines is 1. The Morgan fingerprint density at radius 3 is 2.39 bits per heavy atom. The highest BCUT2D eigenvalue weighted by atomic mass is 35.5. The van der Waals surface area contributed by atoms with Crippen LogP contribution in [0, 0.1) is 5.92 Å². The van der Waals surface area contributed by atoms with E-state index < -0.39 is 28.8 Å². The van der Waals surface area contributed by atoms with E-state index >= 15 is 0 Å². The van der Waals surface area contributed by atoms with Crippen LogP contribution in [-0.2, 0) is 27.7 Å². The minimum Gasteiger partial charge on any atom is -0.495 e. The van der Waals surface area contributed by atoms with Crippen molar-refractivity contribution in [3.8, 4) is 17.2 Å². The van der Waals surface area contributed by atoms with Crippen molar-refractivity contribution in [2.45, 2.75) is 38.5 Å². The lowest BCUT2D eigenvalue weighted by Crippen LogP contribution is -2.29. The largest absolute Gasteiger partial charge is 0.495 e. The molecule has 1 atom stereocenters. The number of nitrogens with one attached hydrogen (secondary N) is 1. The van der Waals surface area contributed by atoms with Crippen molar-refractivity contribution in [1.29, 1.82) is 0 Å². The Balaban J connectivity index is 1.61. The Morgan fingerprint density at radius 1 is 1.09 bits per heavy atom. The summed E-state index contributed by atoms with van der Waals surface area (Å²) in [7, 11) is -0.688. The zero-order valence-corrected chi connectivity index (χ0v) is 26.4. The molecule has 0 bridgehead atoms. The molecule has 1 amide bonds. The number of hydrogen-bond donors (Lipinski definition) is 1. The summed E-state index contributed by atoms with van der Waals surface area (Å²) in [4.78, 5) is 18.6. The number of ether oxygens (including phenoxy) is 4. The number of rotatable bonds is 14. The Hall–Kier alpha value is -3.55. The van der Waals surface area contributed by atoms with Crippen LogP contribution < -0.4 is 18.9 Å². The van der Waals surface area contributed by atoms with E-state index in [9.17, 15) is 22.0 Å². The summed E-state index contributed by atoms with van der Waals surface area (Å²) in [6, 6.07) is 9.11. The van der Waals surface area contributed by atoms with Crippen molar-refractivity contribution in [2.24, 2.45) is 5.92 Å². The number of halogens is 4. The van der Waals surface area contributed by atoms with Gasteiger partial charge < -0.3 is 23.8 Å². The SMILES string of the molecule is COc1ccc(CN(C)C(=O)OC(Cc2c(Cl)cncc2Cl)c2ccc(OC(F)F)c(OCC3CC3)c2)cc1NS(C)(=O)=O. The van der Waals surface area contributed by atoms with E-state index in [-0.39, 0.29) is 40.2 Å². The first kappa shape index (κ1) is 33.3. The summed E-state index contributed by atoms with van der Waals surface area (Å²) in [6.45, 7) is -2.69. The number of methoxy groups -OCH3 is 1. The first-order chi connectivity index (χ1) is 20.8. The second-order valence-electron chi connectivity index (χ2n) is 10.3. The van der Waals surface area contributed by atoms with Crippen LogP contribution in [-0.4, -0.2) is 58.0 Å². The van der Waals surface area contributed by atoms with E-state index in [0.29, 0.717) is 35.0 Å². The Bertz CT molecular complexity index is 1570. The molecule has 1 N–H and O–H groups in total. The molecule has 2 aromatic carbocycles. The Kier molecular flexibility index (Phi) is 11.0. The molecule has 4 rings (SSSR count). The van der Waals surface area contributed by atoms with Crippen molar-refractivity contribution in [1.82, 2.24) is 9.88 Å². The third kappa shape index (κ3) is 9.47. The maximum absolute atomic E-state index is 13.4. The molecule has 1 saturated carbocycles. The molecular weight excluding hydrogens is 643 g/mol. The summed E-state index contributed by atoms with van der Waals surface area (Å²) < 4.78 is 73.9. The van der Waals surface area contributed by atoms with E-state index in [1.165, 1.54) is 49.7 Å². The molecule has 0 saturated heterocycles. The van der Waals surface area contributed by atoms with Crippen LogP contribution in [0.15, 0.2) is 48.8 Å². The van der Waals surface area contributed by atoms with Crippen LogP contribution in [0.25, 0.3) is 0 Å². The second-order valence-corrected chi connectivity index (χ2v) is 12.8. The molecule has 1 unspecified atom stereocenters. The summed E-state index contributed by atoms with van der Waals surface area (Å²) >= 11 is 12.7. The number of aromatic nitrogens is 1. The Labute approximate surface area is 264 Å². The van der Waals surface area contributed by atoms with Gasteiger partial charge >= 0.3 is 12.7 Å². The van der Waals surface area contributed by atoms with Crippen molar-refractivity contribution in [2.75, 3.05) is 31.7 Å². The van der Waals surface area contributed by atoms with Crippen LogP contribution in [0.2, 0.25) is 10.0 Å². The predicted octanol–water partition coefficient (Wildman–Crippen LogP) is 6.71. The quantitative estimate of drug-likeness (QED) is 0.201. The van der Waals surface area contributed by atoms with Crippen LogP contribution in [0.4, 0.5) is 19.3 Å². The lowest BCUT2D eigenvalue weighted by Gasteiger charge is -2.25. The number of sulfonamides is 1. The van der Waals surface area contributed by atoms with E-state index in [0.717, 1.165) is 19.1 Å². The fraction of sp³-hybridized carbons (Fsp3) is 0.379. The highest BCUT2D eigenvalue weighted by molar-refractivity contribution is 7.92. The van der Waals surface area contributed by atoms with Gasteiger partial charge in [-0.3, -0.25) is 9.71 Å². The van der Waals surface area contributed by atoms with Gasteiger partial charge in [-0.15, -0.1) is 0 Å². The van der Waals surface area contributed by atoms with Crippen molar-refractivity contribution in [3.63, 3.8) is 0 Å². The fourth-order valence-electron chi connectivity index (χ4n) is 4.25. The van der Waals surface area contributed by atoms with Crippen molar-refractivity contribution in [3.05, 3.63) is 75.5 Å². The molecule has 3 aromatic rings. The number of carbonyl (C=O) groups excluding carboxylic acids is 1. The summed E-state index contributed by atoms with van der Waals surface area (Å²) in [5.74, 6) is 0.570. The molecule has 238 valence electrons. The van der Waals surface area contributed by atoms with Gasteiger partial charge in [-0.2, -0.15) is 8.78 Å². The summed E-state index contributed by atoms with van der Waals surface area (Å²) in [6.07, 6.45) is 4.10. The number of alkyl halides is 2. The lowest BCUT2D eigenvalue weighted by molar-refractivity contribution is -0.0515. The van der Waals surface area contributed by atoms with Gasteiger partial charge in [0.1, 0.15) is 11.9 Å². The first-order valence-corrected chi connectivity index (χ1v) is 16.0. The molecule has 44 heavy (non-hydrogen) atoms. The van der Waals surface area contributed by atoms with Gasteiger partial charge in [-0.05, 0) is 59.7 Å². The third-order valence-electron chi connectivity index (χ3n) is 6.60. The lowest BCUT2D eigenvalue weighted by atomic mass is 10.0. The molecule has 1 aliphatic carbocycles. The highest BCUT2D eigenvalue weighted by Crippen LogP contribution is 2.38. The van der Waals surface area contributed by atoms with E-state index in [1.54, 1.807) is 18.2 Å². The van der Waals surface area contributed by atoms with Gasteiger partial charge in [0.25, 0.3) is 0 Å². The van der Waals surface area contributed by atoms with Gasteiger partial charge in [0.05, 0.1) is 35.7 Å². The molecule has 15 heteroatoms. The maximum Gasteiger partial charge on any atom is 0.410 e. The zero-order chi connectivity index (χ0) is 32.0. The molecule has 0 spiro atoms. The number of benzene rings is 2. The van der Waals surface area contributed by atoms with Crippen LogP contribution in [0.3, 0.4) is 0 Å². The fourth-order valence-corrected chi connectivity index (χ4v) is 5.33. The van der Waals surface area contributed by atoms with Gasteiger partial charge in [0, 0.05) is 32.4 Å². The van der Waals surface area contributed by atoms with Crippen molar-refractivity contribution >= 4 is 45.0 Å². The summed E-state index contributed by atoms with van der Waals surface area (Å²) in [5.41, 5.74) is 1.67. The second kappa shape index (κ2) is 14.5. The smallest absolute Gasteiger partial charge is 0.410 e. The van der Waals surface area contributed by atoms with E-state index in [4.69, 9.17) is 37.4 Å². The Morgan fingerprint density at radius 2 is 1.77 bits per heavy atom. The van der Waals surface area contributed by atoms with Gasteiger partial charge in [-0.25, -0.2) is 13.2 Å². The molecule has 10 nitrogen and oxygen atoms in total. The summed E-state index contributed by atoms with van der Waals surface area (Å²) in [5, 5.41) is 0.498.